The molecule has 0 radical (unpaired) electrons. The summed E-state index contributed by atoms with van der Waals surface area (Å²) in [5, 5.41) is 14.7. The van der Waals surface area contributed by atoms with Crippen LogP contribution in [-0.4, -0.2) is 21.5 Å². The molecule has 1 aromatic carbocycles. The maximum absolute atomic E-state index is 12.2. The minimum Gasteiger partial charge on any atom is -0.368 e. The van der Waals surface area contributed by atoms with Gasteiger partial charge >= 0.3 is 0 Å². The molecule has 1 fully saturated rings. The molecule has 17 heavy (non-hydrogen) atoms. The van der Waals surface area contributed by atoms with Gasteiger partial charge in [0.25, 0.3) is 0 Å². The predicted octanol–water partition coefficient (Wildman–Crippen LogP) is 0.346. The first-order valence-corrected chi connectivity index (χ1v) is 6.57. The summed E-state index contributed by atoms with van der Waals surface area (Å²) in [4.78, 5) is -0.138. The second-order valence-corrected chi connectivity index (χ2v) is 5.37. The van der Waals surface area contributed by atoms with E-state index in [2.05, 4.69) is 10.6 Å². The largest absolute Gasteiger partial charge is 0.368 e. The van der Waals surface area contributed by atoms with E-state index in [9.17, 15) is 8.42 Å². The van der Waals surface area contributed by atoms with Crippen molar-refractivity contribution in [2.24, 2.45) is 0 Å². The van der Waals surface area contributed by atoms with Gasteiger partial charge in [-0.3, -0.25) is 0 Å². The zero-order valence-corrected chi connectivity index (χ0v) is 9.79. The molecule has 1 aromatic rings. The number of hydrogen-bond donors (Lipinski definition) is 2. The molecular weight excluding hydrogens is 238 g/mol. The molecule has 88 valence electrons. The fourth-order valence-electron chi connectivity index (χ4n) is 1.57. The normalized spacial score (nSPS) is 14.6. The highest BCUT2D eigenvalue weighted by Gasteiger charge is 2.26. The van der Waals surface area contributed by atoms with E-state index in [1.54, 1.807) is 24.3 Å². The number of nitrogens with one attached hydrogen (secondary N) is 2. The highest BCUT2D eigenvalue weighted by atomic mass is 32.2. The Morgan fingerprint density at radius 2 is 1.76 bits per heavy atom. The Kier molecular flexibility index (Phi) is 3.02. The van der Waals surface area contributed by atoms with Crippen LogP contribution in [0, 0.1) is 11.3 Å². The van der Waals surface area contributed by atoms with Crippen molar-refractivity contribution in [3.8, 4) is 6.07 Å². The number of hydrogen-bond acceptors (Lipinski definition) is 5. The van der Waals surface area contributed by atoms with E-state index < -0.39 is 9.84 Å². The number of nitrogens with zero attached hydrogens (tertiary/aromatic N) is 1. The molecule has 2 N–H and O–H groups in total. The van der Waals surface area contributed by atoms with Gasteiger partial charge in [0.2, 0.25) is 9.84 Å². The van der Waals surface area contributed by atoms with Gasteiger partial charge in [0.15, 0.2) is 4.91 Å². The SMILES string of the molecule is N#CC(=C1NCCN1)S(=O)(=O)c1ccccc1. The van der Waals surface area contributed by atoms with Crippen LogP contribution < -0.4 is 10.6 Å². The van der Waals surface area contributed by atoms with E-state index in [1.165, 1.54) is 12.1 Å². The average molecular weight is 249 g/mol. The van der Waals surface area contributed by atoms with Gasteiger partial charge in [-0.1, -0.05) is 18.2 Å². The van der Waals surface area contributed by atoms with E-state index in [1.807, 2.05) is 0 Å². The van der Waals surface area contributed by atoms with E-state index in [-0.39, 0.29) is 15.6 Å². The van der Waals surface area contributed by atoms with Crippen LogP contribution >= 0.6 is 0 Å². The standard InChI is InChI=1S/C11H11N3O2S/c12-8-10(11-13-6-7-14-11)17(15,16)9-4-2-1-3-5-9/h1-5,13-14H,6-7H2. The van der Waals surface area contributed by atoms with Crippen LogP contribution in [0.5, 0.6) is 0 Å². The van der Waals surface area contributed by atoms with Crippen molar-refractivity contribution in [2.45, 2.75) is 4.90 Å². The maximum atomic E-state index is 12.2. The average Bonchev–Trinajstić information content (AvgIpc) is 2.84. The molecule has 5 nitrogen and oxygen atoms in total. The van der Waals surface area contributed by atoms with Crippen molar-refractivity contribution < 1.29 is 8.42 Å². The lowest BCUT2D eigenvalue weighted by Crippen LogP contribution is -2.18. The Balaban J connectivity index is 2.53. The Hall–Kier alpha value is -2.00. The summed E-state index contributed by atoms with van der Waals surface area (Å²) in [5.74, 6) is 0.288. The van der Waals surface area contributed by atoms with E-state index in [4.69, 9.17) is 5.26 Å². The van der Waals surface area contributed by atoms with Crippen LogP contribution in [0.25, 0.3) is 0 Å². The third kappa shape index (κ3) is 2.10. The first-order valence-electron chi connectivity index (χ1n) is 5.08. The summed E-state index contributed by atoms with van der Waals surface area (Å²) in [5.41, 5.74) is 0. The molecule has 1 aliphatic rings. The molecule has 0 amide bonds. The van der Waals surface area contributed by atoms with Gasteiger partial charge in [-0.2, -0.15) is 5.26 Å². The van der Waals surface area contributed by atoms with Crippen LogP contribution in [0.1, 0.15) is 0 Å². The van der Waals surface area contributed by atoms with Crippen LogP contribution in [0.3, 0.4) is 0 Å². The third-order valence-corrected chi connectivity index (χ3v) is 4.11. The van der Waals surface area contributed by atoms with Gasteiger partial charge in [-0.05, 0) is 12.1 Å². The molecule has 0 unspecified atom stereocenters. The summed E-state index contributed by atoms with van der Waals surface area (Å²) in [6.45, 7) is 1.23. The Bertz CT molecular complexity index is 577. The Morgan fingerprint density at radius 3 is 2.29 bits per heavy atom. The molecule has 1 aliphatic heterocycles. The van der Waals surface area contributed by atoms with Gasteiger partial charge in [-0.15, -0.1) is 0 Å². The highest BCUT2D eigenvalue weighted by molar-refractivity contribution is 7.95. The van der Waals surface area contributed by atoms with Gasteiger partial charge < -0.3 is 10.6 Å². The smallest absolute Gasteiger partial charge is 0.220 e. The zero-order valence-electron chi connectivity index (χ0n) is 8.97. The first-order chi connectivity index (χ1) is 8.16. The van der Waals surface area contributed by atoms with Gasteiger partial charge in [-0.25, -0.2) is 8.42 Å². The fraction of sp³-hybridized carbons (Fsp3) is 0.182. The van der Waals surface area contributed by atoms with Crippen molar-refractivity contribution in [2.75, 3.05) is 13.1 Å². The van der Waals surface area contributed by atoms with Crippen LogP contribution in [0.4, 0.5) is 0 Å². The van der Waals surface area contributed by atoms with Gasteiger partial charge in [0.05, 0.1) is 4.90 Å². The van der Waals surface area contributed by atoms with Crippen molar-refractivity contribution in [3.63, 3.8) is 0 Å². The first kappa shape index (κ1) is 11.5. The zero-order chi connectivity index (χ0) is 12.3. The lowest BCUT2D eigenvalue weighted by atomic mass is 10.4. The lowest BCUT2D eigenvalue weighted by molar-refractivity contribution is 0.602. The van der Waals surface area contributed by atoms with Crippen LogP contribution in [0.2, 0.25) is 0 Å². The van der Waals surface area contributed by atoms with Crippen molar-refractivity contribution in [1.29, 1.82) is 5.26 Å². The summed E-state index contributed by atoms with van der Waals surface area (Å²) in [6.07, 6.45) is 0. The predicted molar refractivity (Wildman–Crippen MR) is 62.3 cm³/mol. The number of rotatable bonds is 2. The van der Waals surface area contributed by atoms with Crippen molar-refractivity contribution in [3.05, 3.63) is 41.1 Å². The summed E-state index contributed by atoms with van der Waals surface area (Å²) < 4.78 is 24.4. The number of sulfone groups is 1. The summed E-state index contributed by atoms with van der Waals surface area (Å²) in [7, 11) is -3.74. The number of allylic oxidation sites excluding steroid dienone is 1. The minimum absolute atomic E-state index is 0.125. The fourth-order valence-corrected chi connectivity index (χ4v) is 2.85. The summed E-state index contributed by atoms with van der Waals surface area (Å²) in [6, 6.07) is 9.68. The highest BCUT2D eigenvalue weighted by Crippen LogP contribution is 2.20. The molecule has 6 heteroatoms. The molecule has 0 aliphatic carbocycles. The quantitative estimate of drug-likeness (QED) is 0.739. The molecular formula is C11H11N3O2S. The monoisotopic (exact) mass is 249 g/mol. The van der Waals surface area contributed by atoms with Gasteiger partial charge in [0.1, 0.15) is 11.9 Å². The molecule has 1 heterocycles. The second kappa shape index (κ2) is 4.47. The third-order valence-electron chi connectivity index (χ3n) is 2.38. The molecule has 0 bridgehead atoms. The molecule has 0 atom stereocenters. The lowest BCUT2D eigenvalue weighted by Gasteiger charge is -2.06. The molecule has 2 rings (SSSR count). The topological polar surface area (TPSA) is 82.0 Å². The van der Waals surface area contributed by atoms with E-state index in [0.29, 0.717) is 13.1 Å². The minimum atomic E-state index is -3.74. The van der Waals surface area contributed by atoms with E-state index in [0.717, 1.165) is 0 Å². The number of benzene rings is 1. The second-order valence-electron chi connectivity index (χ2n) is 3.49. The molecule has 1 saturated heterocycles. The van der Waals surface area contributed by atoms with Crippen molar-refractivity contribution in [1.82, 2.24) is 10.6 Å². The maximum Gasteiger partial charge on any atom is 0.220 e. The van der Waals surface area contributed by atoms with Gasteiger partial charge in [0, 0.05) is 13.1 Å². The molecule has 0 aromatic heterocycles. The molecule has 0 spiro atoms. The van der Waals surface area contributed by atoms with E-state index >= 15 is 0 Å². The van der Waals surface area contributed by atoms with Crippen molar-refractivity contribution >= 4 is 9.84 Å². The summed E-state index contributed by atoms with van der Waals surface area (Å²) >= 11 is 0. The van der Waals surface area contributed by atoms with Crippen LogP contribution in [-0.2, 0) is 9.84 Å². The van der Waals surface area contributed by atoms with Crippen LogP contribution in [0.15, 0.2) is 46.0 Å². The number of nitriles is 1. The molecule has 0 saturated carbocycles. The Labute approximate surface area is 99.7 Å². The Morgan fingerprint density at radius 1 is 1.18 bits per heavy atom.